The number of amides is 3. The average molecular weight is 437 g/mol. The summed E-state index contributed by atoms with van der Waals surface area (Å²) in [7, 11) is 0. The van der Waals surface area contributed by atoms with Crippen molar-refractivity contribution < 1.29 is 14.4 Å². The van der Waals surface area contributed by atoms with E-state index >= 15 is 0 Å². The zero-order valence-electron chi connectivity index (χ0n) is 17.2. The van der Waals surface area contributed by atoms with E-state index in [-0.39, 0.29) is 41.9 Å². The van der Waals surface area contributed by atoms with Gasteiger partial charge < -0.3 is 0 Å². The molecule has 3 aliphatic rings. The molecular weight excluding hydrogens is 412 g/mol. The molecule has 8 heteroatoms. The standard InChI is InChI=1S/C23H24N4O3S/c1-2-6-17-25-26-23(31-17)24-20(28)16(11-13-7-4-3-5-8-13)27-21(29)18-14-9-10-15(12-14)19(18)22(27)30/h3-5,7-10,14-16,18-19H,2,6,11-12H2,1H3,(H,24,26,28)/t14-,15-,16+,18-,19+/m0/s1. The van der Waals surface area contributed by atoms with E-state index in [0.29, 0.717) is 5.13 Å². The number of carbonyl (C=O) groups excluding carboxylic acids is 3. The van der Waals surface area contributed by atoms with E-state index in [4.69, 9.17) is 0 Å². The highest BCUT2D eigenvalue weighted by atomic mass is 32.1. The first-order valence-electron chi connectivity index (χ1n) is 10.8. The van der Waals surface area contributed by atoms with Crippen molar-refractivity contribution in [3.05, 3.63) is 53.1 Å². The van der Waals surface area contributed by atoms with Crippen LogP contribution >= 0.6 is 11.3 Å². The van der Waals surface area contributed by atoms with Crippen molar-refractivity contribution in [2.75, 3.05) is 5.32 Å². The molecule has 5 rings (SSSR count). The van der Waals surface area contributed by atoms with E-state index in [1.54, 1.807) is 0 Å². The molecule has 1 aromatic carbocycles. The van der Waals surface area contributed by atoms with E-state index in [9.17, 15) is 14.4 Å². The maximum Gasteiger partial charge on any atom is 0.249 e. The molecule has 7 nitrogen and oxygen atoms in total. The summed E-state index contributed by atoms with van der Waals surface area (Å²) in [6.07, 6.45) is 6.99. The number of fused-ring (bicyclic) bond motifs is 5. The topological polar surface area (TPSA) is 92.3 Å². The van der Waals surface area contributed by atoms with Gasteiger partial charge in [0.1, 0.15) is 11.0 Å². The van der Waals surface area contributed by atoms with Crippen LogP contribution in [0.2, 0.25) is 0 Å². The zero-order valence-corrected chi connectivity index (χ0v) is 18.0. The summed E-state index contributed by atoms with van der Waals surface area (Å²) >= 11 is 1.33. The van der Waals surface area contributed by atoms with Crippen molar-refractivity contribution in [2.45, 2.75) is 38.6 Å². The number of nitrogens with one attached hydrogen (secondary N) is 1. The molecule has 2 aliphatic carbocycles. The van der Waals surface area contributed by atoms with Crippen molar-refractivity contribution in [2.24, 2.45) is 23.7 Å². The monoisotopic (exact) mass is 436 g/mol. The van der Waals surface area contributed by atoms with Gasteiger partial charge in [-0.15, -0.1) is 10.2 Å². The van der Waals surface area contributed by atoms with Crippen LogP contribution in [0.5, 0.6) is 0 Å². The summed E-state index contributed by atoms with van der Waals surface area (Å²) < 4.78 is 0. The maximum absolute atomic E-state index is 13.3. The molecule has 31 heavy (non-hydrogen) atoms. The lowest BCUT2D eigenvalue weighted by Crippen LogP contribution is -2.49. The van der Waals surface area contributed by atoms with Crippen LogP contribution in [0.3, 0.4) is 0 Å². The normalized spacial score (nSPS) is 27.1. The number of aromatic nitrogens is 2. The number of aryl methyl sites for hydroxylation is 1. The summed E-state index contributed by atoms with van der Waals surface area (Å²) in [6.45, 7) is 2.05. The zero-order chi connectivity index (χ0) is 21.5. The number of carbonyl (C=O) groups is 3. The van der Waals surface area contributed by atoms with Crippen LogP contribution < -0.4 is 5.32 Å². The average Bonchev–Trinajstić information content (AvgIpc) is 3.53. The Morgan fingerprint density at radius 1 is 1.13 bits per heavy atom. The van der Waals surface area contributed by atoms with Crippen molar-refractivity contribution in [1.82, 2.24) is 15.1 Å². The molecule has 3 amide bonds. The summed E-state index contributed by atoms with van der Waals surface area (Å²) in [5.74, 6) is -1.27. The second-order valence-electron chi connectivity index (χ2n) is 8.49. The van der Waals surface area contributed by atoms with Gasteiger partial charge in [-0.2, -0.15) is 0 Å². The molecule has 160 valence electrons. The first-order chi connectivity index (χ1) is 15.1. The molecule has 0 radical (unpaired) electrons. The van der Waals surface area contributed by atoms with Crippen LogP contribution in [0.1, 0.15) is 30.3 Å². The largest absolute Gasteiger partial charge is 0.299 e. The Hall–Kier alpha value is -2.87. The van der Waals surface area contributed by atoms with Crippen molar-refractivity contribution in [3.8, 4) is 0 Å². The van der Waals surface area contributed by atoms with Gasteiger partial charge >= 0.3 is 0 Å². The van der Waals surface area contributed by atoms with Crippen LogP contribution in [0.15, 0.2) is 42.5 Å². The SMILES string of the molecule is CCCc1nnc(NC(=O)[C@@H](Cc2ccccc2)N2C(=O)[C@@H]3[C@H](C2=O)[C@H]2C=C[C@H]3C2)s1. The van der Waals surface area contributed by atoms with Crippen LogP contribution in [0, 0.1) is 23.7 Å². The van der Waals surface area contributed by atoms with E-state index in [2.05, 4.69) is 34.6 Å². The first kappa shape index (κ1) is 20.1. The molecule has 5 atom stereocenters. The molecule has 0 spiro atoms. The molecule has 1 aromatic heterocycles. The molecule has 0 unspecified atom stereocenters. The van der Waals surface area contributed by atoms with Gasteiger partial charge in [0.2, 0.25) is 22.9 Å². The highest BCUT2D eigenvalue weighted by Crippen LogP contribution is 2.53. The van der Waals surface area contributed by atoms with Gasteiger partial charge in [0.15, 0.2) is 0 Å². The first-order valence-corrected chi connectivity index (χ1v) is 11.6. The number of hydrogen-bond acceptors (Lipinski definition) is 6. The predicted molar refractivity (Wildman–Crippen MR) is 116 cm³/mol. The van der Waals surface area contributed by atoms with Crippen LogP contribution in [-0.4, -0.2) is 38.9 Å². The number of allylic oxidation sites excluding steroid dienone is 2. The Labute approximate surface area is 184 Å². The van der Waals surface area contributed by atoms with Gasteiger partial charge in [-0.1, -0.05) is 60.7 Å². The molecule has 2 aromatic rings. The third-order valence-corrected chi connectivity index (χ3v) is 7.45. The van der Waals surface area contributed by atoms with Crippen LogP contribution in [0.25, 0.3) is 0 Å². The van der Waals surface area contributed by atoms with Gasteiger partial charge in [-0.3, -0.25) is 24.6 Å². The van der Waals surface area contributed by atoms with Gasteiger partial charge in [-0.25, -0.2) is 0 Å². The van der Waals surface area contributed by atoms with E-state index in [0.717, 1.165) is 29.8 Å². The minimum absolute atomic E-state index is 0.108. The van der Waals surface area contributed by atoms with Crippen molar-refractivity contribution in [3.63, 3.8) is 0 Å². The van der Waals surface area contributed by atoms with Crippen molar-refractivity contribution in [1.29, 1.82) is 0 Å². The molecule has 1 aliphatic heterocycles. The van der Waals surface area contributed by atoms with Crippen LogP contribution in [0.4, 0.5) is 5.13 Å². The number of benzene rings is 1. The highest BCUT2D eigenvalue weighted by molar-refractivity contribution is 7.15. The van der Waals surface area contributed by atoms with Gasteiger partial charge in [-0.05, 0) is 30.2 Å². The fourth-order valence-corrected chi connectivity index (χ4v) is 6.02. The third kappa shape index (κ3) is 3.48. The number of nitrogens with zero attached hydrogens (tertiary/aromatic N) is 3. The lowest BCUT2D eigenvalue weighted by Gasteiger charge is -2.26. The number of rotatable bonds is 7. The fourth-order valence-electron chi connectivity index (χ4n) is 5.18. The number of imide groups is 1. The Morgan fingerprint density at radius 2 is 1.81 bits per heavy atom. The Morgan fingerprint density at radius 3 is 2.45 bits per heavy atom. The lowest BCUT2D eigenvalue weighted by atomic mass is 9.85. The van der Waals surface area contributed by atoms with Gasteiger partial charge in [0.05, 0.1) is 11.8 Å². The van der Waals surface area contributed by atoms with Gasteiger partial charge in [0.25, 0.3) is 0 Å². The second-order valence-corrected chi connectivity index (χ2v) is 9.55. The Balaban J connectivity index is 1.42. The molecule has 1 saturated heterocycles. The predicted octanol–water partition coefficient (Wildman–Crippen LogP) is 2.85. The van der Waals surface area contributed by atoms with Crippen molar-refractivity contribution >= 4 is 34.2 Å². The van der Waals surface area contributed by atoms with E-state index < -0.39 is 11.9 Å². The lowest BCUT2D eigenvalue weighted by molar-refractivity contribution is -0.147. The molecule has 2 fully saturated rings. The number of hydrogen-bond donors (Lipinski definition) is 1. The fraction of sp³-hybridized carbons (Fsp3) is 0.435. The Kier molecular flexibility index (Phi) is 5.17. The molecule has 1 saturated carbocycles. The maximum atomic E-state index is 13.3. The van der Waals surface area contributed by atoms with E-state index in [1.807, 2.05) is 30.3 Å². The smallest absolute Gasteiger partial charge is 0.249 e. The Bertz CT molecular complexity index is 1020. The number of likely N-dealkylation sites (tertiary alicyclic amines) is 1. The number of anilines is 1. The molecular formula is C23H24N4O3S. The summed E-state index contributed by atoms with van der Waals surface area (Å²) in [4.78, 5) is 41.2. The minimum Gasteiger partial charge on any atom is -0.299 e. The van der Waals surface area contributed by atoms with Gasteiger partial charge in [0, 0.05) is 12.8 Å². The summed E-state index contributed by atoms with van der Waals surface area (Å²) in [5.41, 5.74) is 0.894. The van der Waals surface area contributed by atoms with Crippen LogP contribution in [-0.2, 0) is 27.2 Å². The minimum atomic E-state index is -0.911. The highest BCUT2D eigenvalue weighted by Gasteiger charge is 2.61. The molecule has 1 N–H and O–H groups in total. The van der Waals surface area contributed by atoms with E-state index in [1.165, 1.54) is 16.2 Å². The summed E-state index contributed by atoms with van der Waals surface area (Å²) in [5, 5.41) is 12.2. The quantitative estimate of drug-likeness (QED) is 0.532. The third-order valence-electron chi connectivity index (χ3n) is 6.55. The summed E-state index contributed by atoms with van der Waals surface area (Å²) in [6, 6.07) is 8.57. The molecule has 2 bridgehead atoms. The second kappa shape index (κ2) is 8.00. The molecule has 2 heterocycles.